The molecule has 0 aliphatic rings. The normalized spacial score (nSPS) is 10.7. The molecule has 4 nitrogen and oxygen atoms in total. The number of anilines is 1. The SMILES string of the molecule is Cc1nn(C)c(N(CCC#N)CC(C)C)c1CCl. The Kier molecular flexibility index (Phi) is 5.49. The molecule has 0 saturated heterocycles. The molecule has 0 aromatic carbocycles. The minimum absolute atomic E-state index is 0.455. The van der Waals surface area contributed by atoms with Crippen LogP contribution in [0.3, 0.4) is 0 Å². The first kappa shape index (κ1) is 14.8. The summed E-state index contributed by atoms with van der Waals surface area (Å²) in [6.07, 6.45) is 0.513. The van der Waals surface area contributed by atoms with Crippen molar-refractivity contribution in [1.29, 1.82) is 5.26 Å². The molecule has 0 saturated carbocycles. The first-order valence-corrected chi connectivity index (χ1v) is 6.75. The zero-order chi connectivity index (χ0) is 13.7. The van der Waals surface area contributed by atoms with Gasteiger partial charge in [0.1, 0.15) is 5.82 Å². The molecule has 1 aromatic heterocycles. The maximum Gasteiger partial charge on any atom is 0.131 e. The van der Waals surface area contributed by atoms with Crippen molar-refractivity contribution in [3.63, 3.8) is 0 Å². The molecule has 0 fully saturated rings. The molecule has 0 aliphatic heterocycles. The van der Waals surface area contributed by atoms with Crippen molar-refractivity contribution in [2.75, 3.05) is 18.0 Å². The van der Waals surface area contributed by atoms with Gasteiger partial charge < -0.3 is 4.90 Å². The third-order valence-electron chi connectivity index (χ3n) is 2.83. The van der Waals surface area contributed by atoms with Gasteiger partial charge in [-0.15, -0.1) is 11.6 Å². The Morgan fingerprint density at radius 3 is 2.67 bits per heavy atom. The first-order valence-electron chi connectivity index (χ1n) is 6.21. The summed E-state index contributed by atoms with van der Waals surface area (Å²) in [6, 6.07) is 2.20. The van der Waals surface area contributed by atoms with E-state index in [1.165, 1.54) is 0 Å². The predicted octanol–water partition coefficient (Wildman–Crippen LogP) is 2.84. The van der Waals surface area contributed by atoms with E-state index in [9.17, 15) is 0 Å². The van der Waals surface area contributed by atoms with Gasteiger partial charge in [-0.1, -0.05) is 13.8 Å². The lowest BCUT2D eigenvalue weighted by atomic mass is 10.2. The van der Waals surface area contributed by atoms with E-state index >= 15 is 0 Å². The molecule has 18 heavy (non-hydrogen) atoms. The second-order valence-corrected chi connectivity index (χ2v) is 5.16. The van der Waals surface area contributed by atoms with Crippen LogP contribution < -0.4 is 4.90 Å². The minimum Gasteiger partial charge on any atom is -0.355 e. The van der Waals surface area contributed by atoms with Crippen molar-refractivity contribution in [1.82, 2.24) is 9.78 Å². The Balaban J connectivity index is 3.07. The Hall–Kier alpha value is -1.21. The fraction of sp³-hybridized carbons (Fsp3) is 0.692. The summed E-state index contributed by atoms with van der Waals surface area (Å²) in [5.74, 6) is 2.03. The minimum atomic E-state index is 0.455. The number of alkyl halides is 1. The van der Waals surface area contributed by atoms with Crippen molar-refractivity contribution < 1.29 is 0 Å². The highest BCUT2D eigenvalue weighted by molar-refractivity contribution is 6.17. The summed E-state index contributed by atoms with van der Waals surface area (Å²) >= 11 is 6.02. The third kappa shape index (κ3) is 3.39. The number of nitrogens with zero attached hydrogens (tertiary/aromatic N) is 4. The average molecular weight is 269 g/mol. The molecule has 0 bridgehead atoms. The zero-order valence-electron chi connectivity index (χ0n) is 11.6. The number of aromatic nitrogens is 2. The van der Waals surface area contributed by atoms with Crippen LogP contribution in [-0.4, -0.2) is 22.9 Å². The molecule has 0 radical (unpaired) electrons. The van der Waals surface area contributed by atoms with E-state index in [-0.39, 0.29) is 0 Å². The van der Waals surface area contributed by atoms with Crippen LogP contribution in [0.4, 0.5) is 5.82 Å². The molecule has 0 amide bonds. The molecule has 0 atom stereocenters. The molecule has 0 spiro atoms. The van der Waals surface area contributed by atoms with E-state index in [1.54, 1.807) is 0 Å². The van der Waals surface area contributed by atoms with Crippen LogP contribution >= 0.6 is 11.6 Å². The van der Waals surface area contributed by atoms with Crippen LogP contribution in [0.15, 0.2) is 0 Å². The number of halogens is 1. The van der Waals surface area contributed by atoms with E-state index in [0.29, 0.717) is 18.2 Å². The number of aryl methyl sites for hydroxylation is 2. The second-order valence-electron chi connectivity index (χ2n) is 4.89. The van der Waals surface area contributed by atoms with Crippen LogP contribution in [-0.2, 0) is 12.9 Å². The predicted molar refractivity (Wildman–Crippen MR) is 74.8 cm³/mol. The third-order valence-corrected chi connectivity index (χ3v) is 3.09. The zero-order valence-corrected chi connectivity index (χ0v) is 12.3. The van der Waals surface area contributed by atoms with Crippen molar-refractivity contribution in [3.8, 4) is 6.07 Å². The molecule has 5 heteroatoms. The maximum atomic E-state index is 8.77. The van der Waals surface area contributed by atoms with E-state index in [4.69, 9.17) is 16.9 Å². The highest BCUT2D eigenvalue weighted by Gasteiger charge is 2.19. The summed E-state index contributed by atoms with van der Waals surface area (Å²) in [5, 5.41) is 13.2. The summed E-state index contributed by atoms with van der Waals surface area (Å²) in [7, 11) is 1.93. The van der Waals surface area contributed by atoms with Crippen LogP contribution in [0.5, 0.6) is 0 Å². The number of nitriles is 1. The smallest absolute Gasteiger partial charge is 0.131 e. The van der Waals surface area contributed by atoms with Gasteiger partial charge in [0.25, 0.3) is 0 Å². The lowest BCUT2D eigenvalue weighted by molar-refractivity contribution is 0.592. The lowest BCUT2D eigenvalue weighted by Gasteiger charge is -2.26. The van der Waals surface area contributed by atoms with Gasteiger partial charge in [0.05, 0.1) is 24.1 Å². The number of hydrogen-bond donors (Lipinski definition) is 0. The first-order chi connectivity index (χ1) is 8.51. The van der Waals surface area contributed by atoms with Crippen LogP contribution in [0, 0.1) is 24.2 Å². The lowest BCUT2D eigenvalue weighted by Crippen LogP contribution is -2.31. The molecule has 0 N–H and O–H groups in total. The Labute approximate surface area is 114 Å². The van der Waals surface area contributed by atoms with Crippen molar-refractivity contribution in [3.05, 3.63) is 11.3 Å². The Morgan fingerprint density at radius 1 is 1.50 bits per heavy atom. The molecule has 100 valence electrons. The molecular formula is C13H21ClN4. The molecule has 1 aromatic rings. The summed E-state index contributed by atoms with van der Waals surface area (Å²) < 4.78 is 1.87. The highest BCUT2D eigenvalue weighted by Crippen LogP contribution is 2.25. The van der Waals surface area contributed by atoms with E-state index in [0.717, 1.165) is 30.2 Å². The molecular weight excluding hydrogens is 248 g/mol. The van der Waals surface area contributed by atoms with Gasteiger partial charge in [0.2, 0.25) is 0 Å². The maximum absolute atomic E-state index is 8.77. The fourth-order valence-electron chi connectivity index (χ4n) is 2.15. The summed E-state index contributed by atoms with van der Waals surface area (Å²) in [5.41, 5.74) is 2.03. The van der Waals surface area contributed by atoms with Gasteiger partial charge in [-0.05, 0) is 12.8 Å². The van der Waals surface area contributed by atoms with Gasteiger partial charge in [0.15, 0.2) is 0 Å². The van der Waals surface area contributed by atoms with Crippen molar-refractivity contribution >= 4 is 17.4 Å². The van der Waals surface area contributed by atoms with Crippen molar-refractivity contribution in [2.45, 2.75) is 33.1 Å². The van der Waals surface area contributed by atoms with Gasteiger partial charge in [-0.2, -0.15) is 10.4 Å². The highest BCUT2D eigenvalue weighted by atomic mass is 35.5. The van der Waals surface area contributed by atoms with Gasteiger partial charge in [0, 0.05) is 25.7 Å². The van der Waals surface area contributed by atoms with Gasteiger partial charge >= 0.3 is 0 Å². The standard InChI is InChI=1S/C13H21ClN4/c1-10(2)9-18(7-5-6-15)13-12(8-14)11(3)16-17(13)4/h10H,5,7-9H2,1-4H3. The topological polar surface area (TPSA) is 44.9 Å². The quantitative estimate of drug-likeness (QED) is 0.745. The molecule has 0 aliphatic carbocycles. The summed E-state index contributed by atoms with van der Waals surface area (Å²) in [4.78, 5) is 2.21. The number of rotatable bonds is 6. The monoisotopic (exact) mass is 268 g/mol. The summed E-state index contributed by atoms with van der Waals surface area (Å²) in [6.45, 7) is 7.94. The van der Waals surface area contributed by atoms with Crippen LogP contribution in [0.25, 0.3) is 0 Å². The Bertz CT molecular complexity index is 431. The van der Waals surface area contributed by atoms with Gasteiger partial charge in [-0.25, -0.2) is 0 Å². The largest absolute Gasteiger partial charge is 0.355 e. The average Bonchev–Trinajstić information content (AvgIpc) is 2.58. The molecule has 0 unspecified atom stereocenters. The fourth-order valence-corrected chi connectivity index (χ4v) is 2.46. The molecule has 1 heterocycles. The number of hydrogen-bond acceptors (Lipinski definition) is 3. The second kappa shape index (κ2) is 6.65. The van der Waals surface area contributed by atoms with Crippen molar-refractivity contribution in [2.24, 2.45) is 13.0 Å². The van der Waals surface area contributed by atoms with Gasteiger partial charge in [-0.3, -0.25) is 4.68 Å². The van der Waals surface area contributed by atoms with E-state index in [2.05, 4.69) is 29.9 Å². The Morgan fingerprint density at radius 2 is 2.17 bits per heavy atom. The van der Waals surface area contributed by atoms with E-state index in [1.807, 2.05) is 18.7 Å². The molecule has 1 rings (SSSR count). The van der Waals surface area contributed by atoms with Crippen LogP contribution in [0.1, 0.15) is 31.5 Å². The van der Waals surface area contributed by atoms with E-state index < -0.39 is 0 Å². The van der Waals surface area contributed by atoms with Crippen LogP contribution in [0.2, 0.25) is 0 Å².